The molecule has 0 amide bonds. The van der Waals surface area contributed by atoms with Gasteiger partial charge in [-0.3, -0.25) is 0 Å². The molecule has 2 nitrogen and oxygen atoms in total. The Bertz CT molecular complexity index is 260. The highest BCUT2D eigenvalue weighted by atomic mass is 35.5. The van der Waals surface area contributed by atoms with Crippen molar-refractivity contribution in [2.45, 2.75) is 25.5 Å². The molecule has 1 aromatic carbocycles. The second-order valence-corrected chi connectivity index (χ2v) is 3.50. The van der Waals surface area contributed by atoms with Crippen LogP contribution in [0.5, 0.6) is 0 Å². The van der Waals surface area contributed by atoms with Gasteiger partial charge in [0.05, 0.1) is 6.10 Å². The number of hydrogen-bond acceptors (Lipinski definition) is 2. The molecule has 2 atom stereocenters. The fraction of sp³-hybridized carbons (Fsp3) is 0.400. The first-order chi connectivity index (χ1) is 6.15. The zero-order chi connectivity index (χ0) is 9.84. The Balaban J connectivity index is 2.77. The van der Waals surface area contributed by atoms with Crippen molar-refractivity contribution < 1.29 is 5.11 Å². The van der Waals surface area contributed by atoms with Crippen LogP contribution in [0.4, 0.5) is 0 Å². The van der Waals surface area contributed by atoms with Crippen molar-refractivity contribution in [2.75, 3.05) is 0 Å². The average molecular weight is 200 g/mol. The Morgan fingerprint density at radius 1 is 1.38 bits per heavy atom. The minimum atomic E-state index is -0.595. The van der Waals surface area contributed by atoms with Gasteiger partial charge in [-0.1, -0.05) is 30.7 Å². The maximum atomic E-state index is 9.71. The number of aliphatic hydroxyl groups excluding tert-OH is 1. The van der Waals surface area contributed by atoms with Gasteiger partial charge in [0, 0.05) is 11.1 Å². The molecule has 0 saturated heterocycles. The van der Waals surface area contributed by atoms with Crippen molar-refractivity contribution in [1.29, 1.82) is 0 Å². The van der Waals surface area contributed by atoms with Gasteiger partial charge in [0.2, 0.25) is 0 Å². The lowest BCUT2D eigenvalue weighted by molar-refractivity contribution is 0.144. The molecule has 13 heavy (non-hydrogen) atoms. The molecular formula is C10H14ClNO. The average Bonchev–Trinajstić information content (AvgIpc) is 2.17. The number of rotatable bonds is 3. The molecule has 0 radical (unpaired) electrons. The van der Waals surface area contributed by atoms with Crippen LogP contribution in [0, 0.1) is 0 Å². The number of benzene rings is 1. The molecule has 0 heterocycles. The summed E-state index contributed by atoms with van der Waals surface area (Å²) in [4.78, 5) is 0. The largest absolute Gasteiger partial charge is 0.387 e. The Kier molecular flexibility index (Phi) is 3.72. The van der Waals surface area contributed by atoms with Crippen molar-refractivity contribution in [3.8, 4) is 0 Å². The molecule has 0 fully saturated rings. The zero-order valence-electron chi connectivity index (χ0n) is 7.57. The molecule has 0 aliphatic heterocycles. The van der Waals surface area contributed by atoms with Crippen molar-refractivity contribution >= 4 is 11.6 Å². The van der Waals surface area contributed by atoms with E-state index >= 15 is 0 Å². The highest BCUT2D eigenvalue weighted by Gasteiger charge is 2.14. The van der Waals surface area contributed by atoms with Gasteiger partial charge in [-0.25, -0.2) is 0 Å². The number of nitrogens with two attached hydrogens (primary N) is 1. The Morgan fingerprint density at radius 3 is 2.38 bits per heavy atom. The predicted octanol–water partition coefficient (Wildman–Crippen LogP) is 2.11. The number of hydrogen-bond donors (Lipinski definition) is 2. The standard InChI is InChI=1S/C10H14ClNO/c1-2-9(12)10(13)7-3-5-8(11)6-4-7/h3-6,9-10,13H,2,12H2,1H3/t9-,10+/m1/s1. The number of aliphatic hydroxyl groups is 1. The quantitative estimate of drug-likeness (QED) is 0.784. The minimum absolute atomic E-state index is 0.207. The fourth-order valence-corrected chi connectivity index (χ4v) is 1.26. The topological polar surface area (TPSA) is 46.2 Å². The molecule has 3 heteroatoms. The third-order valence-electron chi connectivity index (χ3n) is 2.09. The lowest BCUT2D eigenvalue weighted by Crippen LogP contribution is -2.27. The molecule has 0 aromatic heterocycles. The summed E-state index contributed by atoms with van der Waals surface area (Å²) in [6.07, 6.45) is 0.159. The Labute approximate surface area is 83.3 Å². The van der Waals surface area contributed by atoms with Gasteiger partial charge >= 0.3 is 0 Å². The van der Waals surface area contributed by atoms with Gasteiger partial charge in [-0.2, -0.15) is 0 Å². The van der Waals surface area contributed by atoms with Crippen LogP contribution < -0.4 is 5.73 Å². The van der Waals surface area contributed by atoms with Gasteiger partial charge in [-0.15, -0.1) is 0 Å². The number of halogens is 1. The van der Waals surface area contributed by atoms with E-state index in [4.69, 9.17) is 17.3 Å². The van der Waals surface area contributed by atoms with Crippen LogP contribution >= 0.6 is 11.6 Å². The summed E-state index contributed by atoms with van der Waals surface area (Å²) < 4.78 is 0. The molecule has 0 bridgehead atoms. The lowest BCUT2D eigenvalue weighted by atomic mass is 10.0. The molecule has 0 aliphatic rings. The van der Waals surface area contributed by atoms with Gasteiger partial charge in [-0.05, 0) is 24.1 Å². The van der Waals surface area contributed by atoms with Crippen LogP contribution in [0.2, 0.25) is 5.02 Å². The van der Waals surface area contributed by atoms with E-state index < -0.39 is 6.10 Å². The van der Waals surface area contributed by atoms with Crippen molar-refractivity contribution in [2.24, 2.45) is 5.73 Å². The summed E-state index contributed by atoms with van der Waals surface area (Å²) in [5, 5.41) is 10.4. The van der Waals surface area contributed by atoms with E-state index in [1.54, 1.807) is 24.3 Å². The van der Waals surface area contributed by atoms with Crippen LogP contribution in [-0.2, 0) is 0 Å². The van der Waals surface area contributed by atoms with Crippen molar-refractivity contribution in [1.82, 2.24) is 0 Å². The highest BCUT2D eigenvalue weighted by Crippen LogP contribution is 2.19. The second-order valence-electron chi connectivity index (χ2n) is 3.07. The molecule has 1 aromatic rings. The molecule has 72 valence electrons. The van der Waals surface area contributed by atoms with E-state index in [2.05, 4.69) is 0 Å². The normalized spacial score (nSPS) is 15.4. The summed E-state index contributed by atoms with van der Waals surface area (Å²) in [5.41, 5.74) is 6.52. The Hall–Kier alpha value is -0.570. The van der Waals surface area contributed by atoms with Gasteiger partial charge in [0.15, 0.2) is 0 Å². The third kappa shape index (κ3) is 2.69. The molecule has 0 spiro atoms. The molecule has 0 unspecified atom stereocenters. The van der Waals surface area contributed by atoms with Crippen LogP contribution in [-0.4, -0.2) is 11.1 Å². The monoisotopic (exact) mass is 199 g/mol. The van der Waals surface area contributed by atoms with E-state index in [0.717, 1.165) is 12.0 Å². The summed E-state index contributed by atoms with van der Waals surface area (Å²) in [7, 11) is 0. The third-order valence-corrected chi connectivity index (χ3v) is 2.34. The highest BCUT2D eigenvalue weighted by molar-refractivity contribution is 6.30. The molecular weight excluding hydrogens is 186 g/mol. The van der Waals surface area contributed by atoms with E-state index in [1.165, 1.54) is 0 Å². The summed E-state index contributed by atoms with van der Waals surface area (Å²) in [6.45, 7) is 1.95. The first-order valence-electron chi connectivity index (χ1n) is 4.34. The second kappa shape index (κ2) is 4.61. The van der Waals surface area contributed by atoms with E-state index in [-0.39, 0.29) is 6.04 Å². The smallest absolute Gasteiger partial charge is 0.0940 e. The minimum Gasteiger partial charge on any atom is -0.387 e. The first kappa shape index (κ1) is 10.5. The maximum Gasteiger partial charge on any atom is 0.0940 e. The van der Waals surface area contributed by atoms with Crippen LogP contribution in [0.1, 0.15) is 25.0 Å². The Morgan fingerprint density at radius 2 is 1.92 bits per heavy atom. The van der Waals surface area contributed by atoms with E-state index in [1.807, 2.05) is 6.92 Å². The summed E-state index contributed by atoms with van der Waals surface area (Å²) in [6, 6.07) is 6.89. The van der Waals surface area contributed by atoms with Crippen molar-refractivity contribution in [3.05, 3.63) is 34.9 Å². The van der Waals surface area contributed by atoms with E-state index in [9.17, 15) is 5.11 Å². The van der Waals surface area contributed by atoms with Crippen LogP contribution in [0.25, 0.3) is 0 Å². The lowest BCUT2D eigenvalue weighted by Gasteiger charge is -2.17. The van der Waals surface area contributed by atoms with Gasteiger partial charge < -0.3 is 10.8 Å². The summed E-state index contributed by atoms with van der Waals surface area (Å²) >= 11 is 5.72. The molecule has 0 saturated carbocycles. The maximum absolute atomic E-state index is 9.71. The van der Waals surface area contributed by atoms with Gasteiger partial charge in [0.25, 0.3) is 0 Å². The van der Waals surface area contributed by atoms with Crippen LogP contribution in [0.3, 0.4) is 0 Å². The zero-order valence-corrected chi connectivity index (χ0v) is 8.33. The first-order valence-corrected chi connectivity index (χ1v) is 4.72. The SMILES string of the molecule is CC[C@@H](N)[C@@H](O)c1ccc(Cl)cc1. The molecule has 1 rings (SSSR count). The molecule has 0 aliphatic carbocycles. The summed E-state index contributed by atoms with van der Waals surface area (Å²) in [5.74, 6) is 0. The predicted molar refractivity (Wildman–Crippen MR) is 54.7 cm³/mol. The van der Waals surface area contributed by atoms with Crippen LogP contribution in [0.15, 0.2) is 24.3 Å². The fourth-order valence-electron chi connectivity index (χ4n) is 1.13. The van der Waals surface area contributed by atoms with Gasteiger partial charge in [0.1, 0.15) is 0 Å². The van der Waals surface area contributed by atoms with E-state index in [0.29, 0.717) is 5.02 Å². The van der Waals surface area contributed by atoms with Crippen molar-refractivity contribution in [3.63, 3.8) is 0 Å². The molecule has 3 N–H and O–H groups in total.